The quantitative estimate of drug-likeness (QED) is 0.360. The molecule has 2 aliphatic rings. The van der Waals surface area contributed by atoms with Crippen molar-refractivity contribution in [2.24, 2.45) is 0 Å². The van der Waals surface area contributed by atoms with Gasteiger partial charge >= 0.3 is 18.1 Å². The van der Waals surface area contributed by atoms with E-state index in [0.29, 0.717) is 61.3 Å². The molecule has 15 heteroatoms. The lowest BCUT2D eigenvalue weighted by Crippen LogP contribution is -2.42. The zero-order valence-electron chi connectivity index (χ0n) is 21.1. The summed E-state index contributed by atoms with van der Waals surface area (Å²) < 4.78 is 82.4. The third-order valence-electron chi connectivity index (χ3n) is 6.40. The van der Waals surface area contributed by atoms with E-state index in [0.717, 1.165) is 18.6 Å². The second kappa shape index (κ2) is 11.4. The number of hydrogen-bond donors (Lipinski definition) is 1. The van der Waals surface area contributed by atoms with Gasteiger partial charge in [-0.25, -0.2) is 17.6 Å². The van der Waals surface area contributed by atoms with Crippen molar-refractivity contribution in [1.82, 2.24) is 9.37 Å². The maximum atomic E-state index is 15.1. The van der Waals surface area contributed by atoms with Crippen molar-refractivity contribution < 1.29 is 50.2 Å². The van der Waals surface area contributed by atoms with Gasteiger partial charge in [0, 0.05) is 29.7 Å². The molecule has 2 aromatic carbocycles. The molecule has 0 bridgehead atoms. The van der Waals surface area contributed by atoms with E-state index < -0.39 is 50.0 Å². The third kappa shape index (κ3) is 7.15. The second-order valence-corrected chi connectivity index (χ2v) is 11.9. The standard InChI is InChI=1S/C25H25ClF4N2O7S/c1-40(36,37)32(39-24(35)25(28,29)30)23(34)19-10-18(14-4-5-14)22(11-20(19)27)38-17-3-2-8-31(13-17)12-15-9-16(26)6-7-21(15)33/h6-7,9-11,14,17,33H,2-5,8,12-13H2,1H3/t17-/m1/s1. The maximum Gasteiger partial charge on any atom is 0.493 e. The van der Waals surface area contributed by atoms with Crippen molar-refractivity contribution in [3.63, 3.8) is 0 Å². The summed E-state index contributed by atoms with van der Waals surface area (Å²) >= 11 is 6.04. The summed E-state index contributed by atoms with van der Waals surface area (Å²) in [5.41, 5.74) is 0.115. The van der Waals surface area contributed by atoms with Gasteiger partial charge in [-0.3, -0.25) is 9.69 Å². The molecule has 2 aromatic rings. The zero-order chi connectivity index (χ0) is 29.4. The molecule has 2 fully saturated rings. The summed E-state index contributed by atoms with van der Waals surface area (Å²) in [7, 11) is -4.86. The number of carbonyl (C=O) groups is 2. The number of phenolic OH excluding ortho intramolecular Hbond substituents is 1. The van der Waals surface area contributed by atoms with Crippen LogP contribution in [-0.2, 0) is 26.2 Å². The first-order valence-corrected chi connectivity index (χ1v) is 14.4. The summed E-state index contributed by atoms with van der Waals surface area (Å²) in [5.74, 6) is -5.95. The number of amides is 1. The molecule has 1 N–H and O–H groups in total. The molecule has 0 aromatic heterocycles. The molecule has 1 heterocycles. The van der Waals surface area contributed by atoms with Crippen LogP contribution in [0.1, 0.15) is 53.1 Å². The molecule has 1 aliphatic carbocycles. The molecule has 1 atom stereocenters. The van der Waals surface area contributed by atoms with Crippen LogP contribution in [0, 0.1) is 5.82 Å². The number of benzene rings is 2. The number of carbonyl (C=O) groups excluding carboxylic acids is 2. The van der Waals surface area contributed by atoms with Gasteiger partial charge in [-0.1, -0.05) is 16.1 Å². The number of ether oxygens (including phenoxy) is 1. The lowest BCUT2D eigenvalue weighted by molar-refractivity contribution is -0.216. The first-order chi connectivity index (χ1) is 18.6. The van der Waals surface area contributed by atoms with E-state index >= 15 is 4.39 Å². The SMILES string of the molecule is CS(=O)(=O)N(OC(=O)C(F)(F)F)C(=O)c1cc(C2CC2)c(O[C@@H]2CCCN(Cc3cc(Cl)ccc3O)C2)cc1F. The largest absolute Gasteiger partial charge is 0.508 e. The van der Waals surface area contributed by atoms with Gasteiger partial charge in [-0.2, -0.15) is 13.2 Å². The van der Waals surface area contributed by atoms with E-state index in [1.165, 1.54) is 6.07 Å². The first-order valence-electron chi connectivity index (χ1n) is 12.2. The van der Waals surface area contributed by atoms with Gasteiger partial charge in [-0.05, 0) is 68.0 Å². The minimum atomic E-state index is -5.60. The number of aromatic hydroxyl groups is 1. The van der Waals surface area contributed by atoms with E-state index in [1.54, 1.807) is 12.1 Å². The van der Waals surface area contributed by atoms with Crippen LogP contribution in [-0.4, -0.2) is 66.4 Å². The van der Waals surface area contributed by atoms with Gasteiger partial charge in [-0.15, -0.1) is 0 Å². The summed E-state index contributed by atoms with van der Waals surface area (Å²) in [6.07, 6.45) is -2.97. The van der Waals surface area contributed by atoms with E-state index in [4.69, 9.17) is 16.3 Å². The predicted molar refractivity (Wildman–Crippen MR) is 134 cm³/mol. The smallest absolute Gasteiger partial charge is 0.493 e. The molecule has 1 aliphatic heterocycles. The molecule has 0 spiro atoms. The lowest BCUT2D eigenvalue weighted by Gasteiger charge is -2.33. The summed E-state index contributed by atoms with van der Waals surface area (Å²) in [6, 6.07) is 6.63. The van der Waals surface area contributed by atoms with E-state index in [-0.39, 0.29) is 17.4 Å². The number of phenols is 1. The second-order valence-electron chi connectivity index (χ2n) is 9.71. The van der Waals surface area contributed by atoms with Crippen LogP contribution < -0.4 is 4.74 Å². The van der Waals surface area contributed by atoms with Crippen LogP contribution in [0.25, 0.3) is 0 Å². The molecular formula is C25H25ClF4N2O7S. The monoisotopic (exact) mass is 608 g/mol. The van der Waals surface area contributed by atoms with Crippen LogP contribution in [0.2, 0.25) is 5.02 Å². The minimum Gasteiger partial charge on any atom is -0.508 e. The number of piperidine rings is 1. The van der Waals surface area contributed by atoms with Gasteiger partial charge in [0.15, 0.2) is 0 Å². The average Bonchev–Trinajstić information content (AvgIpc) is 3.69. The van der Waals surface area contributed by atoms with Crippen LogP contribution in [0.4, 0.5) is 17.6 Å². The molecule has 1 saturated carbocycles. The Kier molecular flexibility index (Phi) is 8.52. The Morgan fingerprint density at radius 3 is 2.50 bits per heavy atom. The minimum absolute atomic E-state index is 0.0924. The molecule has 0 radical (unpaired) electrons. The fourth-order valence-corrected chi connectivity index (χ4v) is 5.19. The highest BCUT2D eigenvalue weighted by molar-refractivity contribution is 7.88. The van der Waals surface area contributed by atoms with Crippen molar-refractivity contribution >= 4 is 33.5 Å². The summed E-state index contributed by atoms with van der Waals surface area (Å²) in [5, 5.41) is 10.6. The molecular weight excluding hydrogens is 584 g/mol. The molecule has 4 rings (SSSR count). The normalized spacial score (nSPS) is 18.3. The molecule has 218 valence electrons. The topological polar surface area (TPSA) is 113 Å². The lowest BCUT2D eigenvalue weighted by atomic mass is 10.0. The Bertz CT molecular complexity index is 1420. The number of rotatable bonds is 7. The number of hydroxylamine groups is 1. The van der Waals surface area contributed by atoms with Crippen LogP contribution in [0.15, 0.2) is 30.3 Å². The van der Waals surface area contributed by atoms with Crippen LogP contribution >= 0.6 is 11.6 Å². The molecule has 1 saturated heterocycles. The number of hydrogen-bond acceptors (Lipinski definition) is 8. The van der Waals surface area contributed by atoms with Crippen molar-refractivity contribution in [3.8, 4) is 11.5 Å². The maximum absolute atomic E-state index is 15.1. The van der Waals surface area contributed by atoms with Crippen LogP contribution in [0.5, 0.6) is 11.5 Å². The van der Waals surface area contributed by atoms with E-state index in [1.807, 2.05) is 4.90 Å². The Morgan fingerprint density at radius 2 is 1.88 bits per heavy atom. The number of likely N-dealkylation sites (tertiary alicyclic amines) is 1. The molecule has 40 heavy (non-hydrogen) atoms. The predicted octanol–water partition coefficient (Wildman–Crippen LogP) is 4.53. The van der Waals surface area contributed by atoms with E-state index in [2.05, 4.69) is 4.84 Å². The molecule has 1 amide bonds. The number of alkyl halides is 3. The van der Waals surface area contributed by atoms with Crippen molar-refractivity contribution in [2.75, 3.05) is 19.3 Å². The summed E-state index contributed by atoms with van der Waals surface area (Å²) in [4.78, 5) is 29.9. The van der Waals surface area contributed by atoms with Crippen molar-refractivity contribution in [3.05, 3.63) is 57.9 Å². The number of nitrogens with zero attached hydrogens (tertiary/aromatic N) is 2. The van der Waals surface area contributed by atoms with Gasteiger partial charge in [0.1, 0.15) is 23.4 Å². The molecule has 0 unspecified atom stereocenters. The fraction of sp³-hybridized carbons (Fsp3) is 0.440. The molecule has 9 nitrogen and oxygen atoms in total. The van der Waals surface area contributed by atoms with Crippen molar-refractivity contribution in [2.45, 2.75) is 50.4 Å². The highest BCUT2D eigenvalue weighted by Crippen LogP contribution is 2.46. The zero-order valence-corrected chi connectivity index (χ0v) is 22.7. The Balaban J connectivity index is 1.55. The van der Waals surface area contributed by atoms with Crippen molar-refractivity contribution in [1.29, 1.82) is 0 Å². The van der Waals surface area contributed by atoms with Crippen LogP contribution in [0.3, 0.4) is 0 Å². The average molecular weight is 609 g/mol. The Labute approximate surface area is 232 Å². The van der Waals surface area contributed by atoms with Gasteiger partial charge in [0.25, 0.3) is 10.0 Å². The fourth-order valence-electron chi connectivity index (χ4n) is 4.39. The van der Waals surface area contributed by atoms with Gasteiger partial charge in [0.2, 0.25) is 0 Å². The summed E-state index contributed by atoms with van der Waals surface area (Å²) in [6.45, 7) is 1.52. The highest BCUT2D eigenvalue weighted by Gasteiger charge is 2.46. The Morgan fingerprint density at radius 1 is 1.18 bits per heavy atom. The van der Waals surface area contributed by atoms with E-state index in [9.17, 15) is 36.3 Å². The van der Waals surface area contributed by atoms with Gasteiger partial charge in [0.05, 0.1) is 11.8 Å². The third-order valence-corrected chi connectivity index (χ3v) is 7.48. The number of sulfonamides is 1. The first kappa shape index (κ1) is 29.9. The highest BCUT2D eigenvalue weighted by atomic mass is 35.5. The number of halogens is 5. The Hall–Kier alpha value is -3.10. The van der Waals surface area contributed by atoms with Gasteiger partial charge < -0.3 is 14.7 Å².